The molecule has 1 aliphatic rings. The van der Waals surface area contributed by atoms with E-state index in [2.05, 4.69) is 15.3 Å². The van der Waals surface area contributed by atoms with Gasteiger partial charge in [-0.1, -0.05) is 0 Å². The van der Waals surface area contributed by atoms with Crippen LogP contribution in [0.25, 0.3) is 0 Å². The molecule has 23 heavy (non-hydrogen) atoms. The lowest BCUT2D eigenvalue weighted by Crippen LogP contribution is -2.31. The zero-order valence-electron chi connectivity index (χ0n) is 12.9. The van der Waals surface area contributed by atoms with E-state index < -0.39 is 0 Å². The Bertz CT molecular complexity index is 702. The van der Waals surface area contributed by atoms with E-state index in [-0.39, 0.29) is 17.9 Å². The number of hydrogen-bond acceptors (Lipinski definition) is 5. The highest BCUT2D eigenvalue weighted by molar-refractivity contribution is 7.07. The van der Waals surface area contributed by atoms with E-state index in [4.69, 9.17) is 0 Å². The first kappa shape index (κ1) is 15.6. The van der Waals surface area contributed by atoms with Gasteiger partial charge in [0, 0.05) is 25.0 Å². The Morgan fingerprint density at radius 1 is 1.43 bits per heavy atom. The van der Waals surface area contributed by atoms with Gasteiger partial charge in [0.05, 0.1) is 23.8 Å². The van der Waals surface area contributed by atoms with Gasteiger partial charge in [0.25, 0.3) is 5.91 Å². The molecule has 0 saturated carbocycles. The lowest BCUT2D eigenvalue weighted by atomic mass is 10.0. The first-order valence-electron chi connectivity index (χ1n) is 7.53. The molecule has 0 aliphatic carbocycles. The van der Waals surface area contributed by atoms with Crippen molar-refractivity contribution in [3.8, 4) is 0 Å². The number of carbonyl (C=O) groups excluding carboxylic acids is 2. The average molecular weight is 330 g/mol. The third kappa shape index (κ3) is 3.56. The number of nitrogens with one attached hydrogen (secondary N) is 1. The number of amides is 2. The highest BCUT2D eigenvalue weighted by atomic mass is 32.1. The zero-order chi connectivity index (χ0) is 16.2. The molecule has 1 atom stereocenters. The minimum atomic E-state index is -0.0848. The quantitative estimate of drug-likeness (QED) is 0.932. The molecule has 6 nitrogen and oxygen atoms in total. The SMILES string of the molecule is CC(=O)NCc1cc([C@H]2CCCN2C(=O)c2cscn2)ccn1. The van der Waals surface area contributed by atoms with Crippen LogP contribution in [0.3, 0.4) is 0 Å². The topological polar surface area (TPSA) is 75.2 Å². The van der Waals surface area contributed by atoms with Crippen LogP contribution in [0.15, 0.2) is 29.2 Å². The predicted octanol–water partition coefficient (Wildman–Crippen LogP) is 2.15. The molecule has 2 amide bonds. The average Bonchev–Trinajstić information content (AvgIpc) is 3.23. The molecule has 0 aromatic carbocycles. The fraction of sp³-hybridized carbons (Fsp3) is 0.375. The maximum atomic E-state index is 12.6. The fourth-order valence-corrected chi connectivity index (χ4v) is 3.36. The molecule has 1 aliphatic heterocycles. The van der Waals surface area contributed by atoms with Crippen molar-refractivity contribution in [3.05, 3.63) is 46.2 Å². The van der Waals surface area contributed by atoms with E-state index in [9.17, 15) is 9.59 Å². The first-order valence-corrected chi connectivity index (χ1v) is 8.48. The minimum Gasteiger partial charge on any atom is -0.351 e. The lowest BCUT2D eigenvalue weighted by Gasteiger charge is -2.24. The molecule has 2 aromatic rings. The summed E-state index contributed by atoms with van der Waals surface area (Å²) in [6.07, 6.45) is 3.64. The molecule has 7 heteroatoms. The second kappa shape index (κ2) is 6.87. The molecule has 1 saturated heterocycles. The number of carbonyl (C=O) groups is 2. The summed E-state index contributed by atoms with van der Waals surface area (Å²) in [6.45, 7) is 2.62. The van der Waals surface area contributed by atoms with Crippen LogP contribution in [0.4, 0.5) is 0 Å². The van der Waals surface area contributed by atoms with Gasteiger partial charge in [-0.15, -0.1) is 11.3 Å². The monoisotopic (exact) mass is 330 g/mol. The van der Waals surface area contributed by atoms with Crippen molar-refractivity contribution in [2.24, 2.45) is 0 Å². The van der Waals surface area contributed by atoms with E-state index in [1.807, 2.05) is 17.0 Å². The van der Waals surface area contributed by atoms with Crippen LogP contribution in [0.2, 0.25) is 0 Å². The Hall–Kier alpha value is -2.28. The van der Waals surface area contributed by atoms with E-state index in [0.717, 1.165) is 30.6 Å². The molecular formula is C16H18N4O2S. The van der Waals surface area contributed by atoms with E-state index >= 15 is 0 Å². The van der Waals surface area contributed by atoms with Crippen molar-refractivity contribution < 1.29 is 9.59 Å². The van der Waals surface area contributed by atoms with Gasteiger partial charge in [-0.3, -0.25) is 14.6 Å². The molecule has 1 N–H and O–H groups in total. The number of likely N-dealkylation sites (tertiary alicyclic amines) is 1. The van der Waals surface area contributed by atoms with Crippen LogP contribution in [-0.2, 0) is 11.3 Å². The number of hydrogen-bond donors (Lipinski definition) is 1. The second-order valence-corrected chi connectivity index (χ2v) is 6.24. The number of pyridine rings is 1. The summed E-state index contributed by atoms with van der Waals surface area (Å²) in [5, 5.41) is 4.53. The minimum absolute atomic E-state index is 0.0195. The van der Waals surface area contributed by atoms with Gasteiger partial charge in [-0.2, -0.15) is 0 Å². The highest BCUT2D eigenvalue weighted by Crippen LogP contribution is 2.33. The highest BCUT2D eigenvalue weighted by Gasteiger charge is 2.31. The molecule has 0 unspecified atom stereocenters. The smallest absolute Gasteiger partial charge is 0.273 e. The Kier molecular flexibility index (Phi) is 4.66. The Morgan fingerprint density at radius 2 is 2.30 bits per heavy atom. The summed E-state index contributed by atoms with van der Waals surface area (Å²) in [7, 11) is 0. The third-order valence-electron chi connectivity index (χ3n) is 3.91. The molecular weight excluding hydrogens is 312 g/mol. The van der Waals surface area contributed by atoms with Crippen molar-refractivity contribution in [1.29, 1.82) is 0 Å². The Labute approximate surface area is 138 Å². The molecule has 0 spiro atoms. The Morgan fingerprint density at radius 3 is 3.04 bits per heavy atom. The molecule has 3 heterocycles. The summed E-state index contributed by atoms with van der Waals surface area (Å²) in [6, 6.07) is 3.95. The maximum Gasteiger partial charge on any atom is 0.273 e. The number of aromatic nitrogens is 2. The summed E-state index contributed by atoms with van der Waals surface area (Å²) >= 11 is 1.43. The van der Waals surface area contributed by atoms with Crippen LogP contribution < -0.4 is 5.32 Å². The van der Waals surface area contributed by atoms with Crippen molar-refractivity contribution >= 4 is 23.2 Å². The molecule has 120 valence electrons. The van der Waals surface area contributed by atoms with Crippen LogP contribution in [0.5, 0.6) is 0 Å². The van der Waals surface area contributed by atoms with Crippen molar-refractivity contribution in [1.82, 2.24) is 20.2 Å². The maximum absolute atomic E-state index is 12.6. The number of nitrogens with zero attached hydrogens (tertiary/aromatic N) is 3. The van der Waals surface area contributed by atoms with Crippen LogP contribution in [-0.4, -0.2) is 33.2 Å². The van der Waals surface area contributed by atoms with Crippen molar-refractivity contribution in [2.75, 3.05) is 6.54 Å². The predicted molar refractivity (Wildman–Crippen MR) is 86.9 cm³/mol. The molecule has 0 bridgehead atoms. The molecule has 1 fully saturated rings. The van der Waals surface area contributed by atoms with Crippen LogP contribution in [0, 0.1) is 0 Å². The van der Waals surface area contributed by atoms with Crippen LogP contribution >= 0.6 is 11.3 Å². The fourth-order valence-electron chi connectivity index (χ4n) is 2.84. The van der Waals surface area contributed by atoms with E-state index in [0.29, 0.717) is 12.2 Å². The van der Waals surface area contributed by atoms with Crippen molar-refractivity contribution in [3.63, 3.8) is 0 Å². The Balaban J connectivity index is 1.78. The number of thiazole rings is 1. The second-order valence-electron chi connectivity index (χ2n) is 5.52. The van der Waals surface area contributed by atoms with Gasteiger partial charge >= 0.3 is 0 Å². The van der Waals surface area contributed by atoms with Gasteiger partial charge in [-0.25, -0.2) is 4.98 Å². The summed E-state index contributed by atoms with van der Waals surface area (Å²) < 4.78 is 0. The normalized spacial score (nSPS) is 17.3. The zero-order valence-corrected chi connectivity index (χ0v) is 13.7. The summed E-state index contributed by atoms with van der Waals surface area (Å²) in [4.78, 5) is 33.9. The van der Waals surface area contributed by atoms with Gasteiger partial charge < -0.3 is 10.2 Å². The third-order valence-corrected chi connectivity index (χ3v) is 4.50. The summed E-state index contributed by atoms with van der Waals surface area (Å²) in [5.74, 6) is -0.104. The molecule has 2 aromatic heterocycles. The standard InChI is InChI=1S/C16H18N4O2S/c1-11(21)18-8-13-7-12(4-5-17-13)15-3-2-6-20(15)16(22)14-9-23-10-19-14/h4-5,7,9-10,15H,2-3,6,8H2,1H3,(H,18,21)/t15-/m1/s1. The van der Waals surface area contributed by atoms with E-state index in [1.165, 1.54) is 18.3 Å². The molecule has 0 radical (unpaired) electrons. The van der Waals surface area contributed by atoms with E-state index in [1.54, 1.807) is 17.1 Å². The van der Waals surface area contributed by atoms with Gasteiger partial charge in [0.2, 0.25) is 5.91 Å². The van der Waals surface area contributed by atoms with Gasteiger partial charge in [0.1, 0.15) is 5.69 Å². The summed E-state index contributed by atoms with van der Waals surface area (Å²) in [5.41, 5.74) is 4.04. The van der Waals surface area contributed by atoms with Crippen LogP contribution in [0.1, 0.15) is 47.6 Å². The van der Waals surface area contributed by atoms with Gasteiger partial charge in [-0.05, 0) is 30.5 Å². The molecule has 3 rings (SSSR count). The lowest BCUT2D eigenvalue weighted by molar-refractivity contribution is -0.119. The number of rotatable bonds is 4. The first-order chi connectivity index (χ1) is 11.1. The largest absolute Gasteiger partial charge is 0.351 e. The van der Waals surface area contributed by atoms with Gasteiger partial charge in [0.15, 0.2) is 0 Å². The van der Waals surface area contributed by atoms with Crippen molar-refractivity contribution in [2.45, 2.75) is 32.4 Å².